The third-order valence-electron chi connectivity index (χ3n) is 2.66. The largest absolute Gasteiger partial charge is 0.545 e. The lowest BCUT2D eigenvalue weighted by atomic mass is 9.95. The number of aryl methyl sites for hydroxylation is 1. The number of carboxylic acids is 1. The highest BCUT2D eigenvalue weighted by Gasteiger charge is 2.21. The zero-order valence-electron chi connectivity index (χ0n) is 8.96. The molecule has 5 heteroatoms. The molecule has 0 spiro atoms. The molecule has 86 valence electrons. The number of amides is 1. The molecule has 1 aliphatic rings. The normalized spacial score (nSPS) is 14.3. The van der Waals surface area contributed by atoms with E-state index in [0.717, 1.165) is 36.1 Å². The van der Waals surface area contributed by atoms with Crippen LogP contribution in [0.4, 0.5) is 5.00 Å². The molecule has 0 unspecified atom stereocenters. The van der Waals surface area contributed by atoms with Crippen LogP contribution in [0.1, 0.15) is 40.6 Å². The minimum atomic E-state index is -1.19. The summed E-state index contributed by atoms with van der Waals surface area (Å²) >= 11 is 1.37. The van der Waals surface area contributed by atoms with Crippen molar-refractivity contribution in [3.63, 3.8) is 0 Å². The highest BCUT2D eigenvalue weighted by molar-refractivity contribution is 7.17. The molecule has 0 atom stereocenters. The van der Waals surface area contributed by atoms with Crippen molar-refractivity contribution in [2.45, 2.75) is 32.6 Å². The van der Waals surface area contributed by atoms with Crippen molar-refractivity contribution in [2.24, 2.45) is 0 Å². The lowest BCUT2D eigenvalue weighted by Gasteiger charge is -2.13. The van der Waals surface area contributed by atoms with Crippen molar-refractivity contribution in [3.8, 4) is 0 Å². The zero-order chi connectivity index (χ0) is 11.7. The van der Waals surface area contributed by atoms with Crippen LogP contribution < -0.4 is 10.4 Å². The number of hydrogen-bond acceptors (Lipinski definition) is 4. The third-order valence-corrected chi connectivity index (χ3v) is 3.87. The lowest BCUT2D eigenvalue weighted by Crippen LogP contribution is -2.25. The smallest absolute Gasteiger partial charge is 0.221 e. The van der Waals surface area contributed by atoms with Gasteiger partial charge in [0.1, 0.15) is 5.00 Å². The first-order valence-electron chi connectivity index (χ1n) is 5.23. The molecular formula is C11H12NO3S-. The van der Waals surface area contributed by atoms with Crippen LogP contribution in [0.15, 0.2) is 0 Å². The van der Waals surface area contributed by atoms with Crippen LogP contribution >= 0.6 is 11.3 Å². The molecule has 0 bridgehead atoms. The van der Waals surface area contributed by atoms with E-state index in [1.807, 2.05) is 0 Å². The first-order valence-corrected chi connectivity index (χ1v) is 6.04. The molecule has 0 radical (unpaired) electrons. The molecule has 1 aliphatic carbocycles. The molecule has 1 aromatic rings. The van der Waals surface area contributed by atoms with Gasteiger partial charge in [0, 0.05) is 17.4 Å². The molecule has 0 fully saturated rings. The third kappa shape index (κ3) is 1.95. The molecular weight excluding hydrogens is 226 g/mol. The van der Waals surface area contributed by atoms with E-state index in [2.05, 4.69) is 5.32 Å². The van der Waals surface area contributed by atoms with Crippen LogP contribution in [-0.2, 0) is 17.6 Å². The molecule has 2 rings (SSSR count). The van der Waals surface area contributed by atoms with Crippen molar-refractivity contribution >= 4 is 28.2 Å². The van der Waals surface area contributed by atoms with Gasteiger partial charge in [0.2, 0.25) is 5.91 Å². The fraction of sp³-hybridized carbons (Fsp3) is 0.455. The Morgan fingerprint density at radius 1 is 1.31 bits per heavy atom. The number of aromatic carboxylic acids is 1. The summed E-state index contributed by atoms with van der Waals surface area (Å²) < 4.78 is 0. The molecule has 0 aliphatic heterocycles. The highest BCUT2D eigenvalue weighted by atomic mass is 32.1. The van der Waals surface area contributed by atoms with Crippen LogP contribution in [0.25, 0.3) is 0 Å². The number of carboxylic acid groups (broad SMARTS) is 1. The van der Waals surface area contributed by atoms with Gasteiger partial charge in [-0.2, -0.15) is 0 Å². The van der Waals surface area contributed by atoms with Crippen molar-refractivity contribution in [1.82, 2.24) is 0 Å². The molecule has 0 saturated heterocycles. The monoisotopic (exact) mass is 238 g/mol. The number of thiophene rings is 1. The summed E-state index contributed by atoms with van der Waals surface area (Å²) in [6, 6.07) is 0. The Morgan fingerprint density at radius 2 is 2.00 bits per heavy atom. The molecule has 0 aromatic carbocycles. The summed E-state index contributed by atoms with van der Waals surface area (Å²) in [4.78, 5) is 23.1. The first kappa shape index (κ1) is 11.1. The number of rotatable bonds is 2. The Balaban J connectivity index is 2.47. The van der Waals surface area contributed by atoms with Crippen molar-refractivity contribution in [1.29, 1.82) is 0 Å². The second-order valence-corrected chi connectivity index (χ2v) is 4.99. The Labute approximate surface area is 97.3 Å². The maximum absolute atomic E-state index is 11.1. The van der Waals surface area contributed by atoms with Gasteiger partial charge in [-0.15, -0.1) is 11.3 Å². The summed E-state index contributed by atoms with van der Waals surface area (Å²) in [5.41, 5.74) is 1.05. The van der Waals surface area contributed by atoms with Gasteiger partial charge in [0.25, 0.3) is 0 Å². The molecule has 1 heterocycles. The number of anilines is 1. The van der Waals surface area contributed by atoms with E-state index >= 15 is 0 Å². The van der Waals surface area contributed by atoms with E-state index in [9.17, 15) is 14.7 Å². The van der Waals surface area contributed by atoms with Crippen molar-refractivity contribution < 1.29 is 14.7 Å². The van der Waals surface area contributed by atoms with E-state index in [1.54, 1.807) is 0 Å². The van der Waals surface area contributed by atoms with E-state index in [1.165, 1.54) is 18.3 Å². The van der Waals surface area contributed by atoms with Gasteiger partial charge in [-0.1, -0.05) is 0 Å². The van der Waals surface area contributed by atoms with Gasteiger partial charge in [-0.05, 0) is 31.2 Å². The number of fused-ring (bicyclic) bond motifs is 1. The molecule has 1 aromatic heterocycles. The SMILES string of the molecule is CC(=O)Nc1sc2c(c1C(=O)[O-])CCCC2. The predicted octanol–water partition coefficient (Wildman–Crippen LogP) is 0.949. The standard InChI is InChI=1S/C11H13NO3S/c1-6(13)12-10-9(11(14)15)7-4-2-3-5-8(7)16-10/h2-5H2,1H3,(H,12,13)(H,14,15)/p-1. The van der Waals surface area contributed by atoms with Crippen LogP contribution in [0.2, 0.25) is 0 Å². The average Bonchev–Trinajstić information content (AvgIpc) is 2.53. The van der Waals surface area contributed by atoms with Crippen LogP contribution in [-0.4, -0.2) is 11.9 Å². The summed E-state index contributed by atoms with van der Waals surface area (Å²) in [7, 11) is 0. The van der Waals surface area contributed by atoms with Crippen LogP contribution in [0.5, 0.6) is 0 Å². The molecule has 1 N–H and O–H groups in total. The van der Waals surface area contributed by atoms with Gasteiger partial charge >= 0.3 is 0 Å². The van der Waals surface area contributed by atoms with Gasteiger partial charge < -0.3 is 15.2 Å². The second kappa shape index (κ2) is 4.25. The zero-order valence-corrected chi connectivity index (χ0v) is 9.78. The Morgan fingerprint density at radius 3 is 2.62 bits per heavy atom. The number of hydrogen-bond donors (Lipinski definition) is 1. The van der Waals surface area contributed by atoms with Crippen LogP contribution in [0, 0.1) is 0 Å². The first-order chi connectivity index (χ1) is 7.59. The van der Waals surface area contributed by atoms with E-state index in [4.69, 9.17) is 0 Å². The summed E-state index contributed by atoms with van der Waals surface area (Å²) in [6.45, 7) is 1.37. The number of carbonyl (C=O) groups is 2. The topological polar surface area (TPSA) is 69.2 Å². The summed E-state index contributed by atoms with van der Waals surface area (Å²) in [5.74, 6) is -1.44. The lowest BCUT2D eigenvalue weighted by molar-refractivity contribution is -0.254. The van der Waals surface area contributed by atoms with Gasteiger partial charge in [0.05, 0.1) is 5.97 Å². The van der Waals surface area contributed by atoms with E-state index in [-0.39, 0.29) is 11.5 Å². The fourth-order valence-electron chi connectivity index (χ4n) is 2.03. The second-order valence-electron chi connectivity index (χ2n) is 3.88. The van der Waals surface area contributed by atoms with E-state index < -0.39 is 5.97 Å². The predicted molar refractivity (Wildman–Crippen MR) is 59.6 cm³/mol. The summed E-state index contributed by atoms with van der Waals surface area (Å²) in [6.07, 6.45) is 3.76. The average molecular weight is 238 g/mol. The van der Waals surface area contributed by atoms with Gasteiger partial charge in [-0.25, -0.2) is 0 Å². The van der Waals surface area contributed by atoms with Gasteiger partial charge in [0.15, 0.2) is 0 Å². The Kier molecular flexibility index (Phi) is 2.96. The van der Waals surface area contributed by atoms with Crippen LogP contribution in [0.3, 0.4) is 0 Å². The molecule has 0 saturated carbocycles. The van der Waals surface area contributed by atoms with Gasteiger partial charge in [-0.3, -0.25) is 4.79 Å². The molecule has 16 heavy (non-hydrogen) atoms. The highest BCUT2D eigenvalue weighted by Crippen LogP contribution is 2.37. The maximum atomic E-state index is 11.1. The Bertz CT molecular complexity index is 450. The Hall–Kier alpha value is -1.36. The molecule has 1 amide bonds. The number of nitrogens with one attached hydrogen (secondary N) is 1. The molecule has 4 nitrogen and oxygen atoms in total. The minimum Gasteiger partial charge on any atom is -0.545 e. The van der Waals surface area contributed by atoms with Crippen molar-refractivity contribution in [2.75, 3.05) is 5.32 Å². The minimum absolute atomic E-state index is 0.190. The quantitative estimate of drug-likeness (QED) is 0.834. The fourth-order valence-corrected chi connectivity index (χ4v) is 3.35. The van der Waals surface area contributed by atoms with Crippen molar-refractivity contribution in [3.05, 3.63) is 16.0 Å². The number of carbonyl (C=O) groups excluding carboxylic acids is 2. The summed E-state index contributed by atoms with van der Waals surface area (Å²) in [5, 5.41) is 14.1. The van der Waals surface area contributed by atoms with E-state index in [0.29, 0.717) is 5.00 Å². The maximum Gasteiger partial charge on any atom is 0.221 e.